The summed E-state index contributed by atoms with van der Waals surface area (Å²) in [5.41, 5.74) is 0.810. The third-order valence-electron chi connectivity index (χ3n) is 1.56. The van der Waals surface area contributed by atoms with Gasteiger partial charge in [-0.15, -0.1) is 5.26 Å². The normalized spacial score (nSPS) is 8.94. The van der Waals surface area contributed by atoms with Crippen LogP contribution in [0.15, 0.2) is 30.3 Å². The van der Waals surface area contributed by atoms with E-state index in [-0.39, 0.29) is 11.9 Å². The van der Waals surface area contributed by atoms with Crippen LogP contribution in [-0.2, 0) is 14.6 Å². The maximum absolute atomic E-state index is 11.0. The summed E-state index contributed by atoms with van der Waals surface area (Å²) in [6, 6.07) is 9.34. The van der Waals surface area contributed by atoms with E-state index >= 15 is 0 Å². The van der Waals surface area contributed by atoms with Crippen LogP contribution in [0.1, 0.15) is 23.7 Å². The van der Waals surface area contributed by atoms with Gasteiger partial charge in [-0.25, -0.2) is 0 Å². The maximum Gasteiger partial charge on any atom is 0.456 e. The van der Waals surface area contributed by atoms with Crippen molar-refractivity contribution in [3.8, 4) is 6.26 Å². The van der Waals surface area contributed by atoms with Crippen molar-refractivity contribution in [1.82, 2.24) is 6.15 Å². The van der Waals surface area contributed by atoms with Gasteiger partial charge in [-0.1, -0.05) is 37.3 Å². The molecule has 100 valence electrons. The van der Waals surface area contributed by atoms with E-state index in [0.717, 1.165) is 11.8 Å². The van der Waals surface area contributed by atoms with Crippen LogP contribution < -0.4 is 6.15 Å². The number of Topliss-reactive ketones (excluding diaryl/α,β-unsaturated/α-hetero) is 1. The molecule has 0 saturated heterocycles. The van der Waals surface area contributed by atoms with Gasteiger partial charge in [0.1, 0.15) is 0 Å². The number of ketones is 1. The maximum atomic E-state index is 11.0. The van der Waals surface area contributed by atoms with E-state index in [2.05, 4.69) is 4.18 Å². The van der Waals surface area contributed by atoms with Gasteiger partial charge < -0.3 is 6.15 Å². The van der Waals surface area contributed by atoms with Gasteiger partial charge in [-0.05, 0) is 0 Å². The Morgan fingerprint density at radius 3 is 2.17 bits per heavy atom. The second kappa shape index (κ2) is 9.12. The summed E-state index contributed by atoms with van der Waals surface area (Å²) in [7, 11) is -4.54. The van der Waals surface area contributed by atoms with Crippen molar-refractivity contribution < 1.29 is 21.9 Å². The zero-order valence-corrected chi connectivity index (χ0v) is 10.6. The first-order valence-electron chi connectivity index (χ1n) is 4.54. The molecule has 4 N–H and O–H groups in total. The smallest absolute Gasteiger partial charge is 0.344 e. The first kappa shape index (κ1) is 18.4. The lowest BCUT2D eigenvalue weighted by Crippen LogP contribution is -1.96. The molecule has 0 aliphatic rings. The molecule has 0 spiro atoms. The highest BCUT2D eigenvalue weighted by Gasteiger charge is 1.99. The Kier molecular flexibility index (Phi) is 9.33. The van der Waals surface area contributed by atoms with Gasteiger partial charge in [-0.3, -0.25) is 13.5 Å². The zero-order valence-electron chi connectivity index (χ0n) is 9.74. The van der Waals surface area contributed by atoms with Crippen molar-refractivity contribution >= 4 is 16.2 Å². The second-order valence-corrected chi connectivity index (χ2v) is 3.77. The van der Waals surface area contributed by atoms with Crippen LogP contribution in [-0.4, -0.2) is 18.8 Å². The molecule has 1 aromatic rings. The molecule has 0 heterocycles. The molecule has 0 bridgehead atoms. The highest BCUT2D eigenvalue weighted by molar-refractivity contribution is 7.81. The average molecular weight is 274 g/mol. The summed E-state index contributed by atoms with van der Waals surface area (Å²) < 4.78 is 29.3. The number of nitriles is 1. The van der Waals surface area contributed by atoms with Gasteiger partial charge in [0.25, 0.3) is 0 Å². The standard InChI is InChI=1S/C9H10O.CHNO4S.H3N/c1-2-9(10)8-6-4-3-5-7-8;2-1-6-7(3,4)5;/h3-7H,2H2,1H3;(H,3,4,5);1H3. The van der Waals surface area contributed by atoms with Crippen LogP contribution in [0.5, 0.6) is 0 Å². The fourth-order valence-corrected chi connectivity index (χ4v) is 0.969. The van der Waals surface area contributed by atoms with E-state index < -0.39 is 10.4 Å². The number of carbonyl (C=O) groups is 1. The van der Waals surface area contributed by atoms with E-state index in [1.807, 2.05) is 37.3 Å². The lowest BCUT2D eigenvalue weighted by molar-refractivity contribution is 0.0988. The van der Waals surface area contributed by atoms with E-state index in [0.29, 0.717) is 6.42 Å². The number of rotatable bonds is 3. The monoisotopic (exact) mass is 274 g/mol. The Morgan fingerprint density at radius 2 is 1.89 bits per heavy atom. The highest BCUT2D eigenvalue weighted by atomic mass is 32.3. The third kappa shape index (κ3) is 9.29. The van der Waals surface area contributed by atoms with Crippen LogP contribution in [0.2, 0.25) is 0 Å². The van der Waals surface area contributed by atoms with Crippen LogP contribution in [0, 0.1) is 11.5 Å². The van der Waals surface area contributed by atoms with Crippen molar-refractivity contribution in [2.75, 3.05) is 0 Å². The van der Waals surface area contributed by atoms with E-state index in [9.17, 15) is 13.2 Å². The summed E-state index contributed by atoms with van der Waals surface area (Å²) in [4.78, 5) is 11.0. The number of carbonyl (C=O) groups excluding carboxylic acids is 1. The largest absolute Gasteiger partial charge is 0.456 e. The van der Waals surface area contributed by atoms with Crippen LogP contribution in [0.25, 0.3) is 0 Å². The van der Waals surface area contributed by atoms with Crippen molar-refractivity contribution in [2.45, 2.75) is 13.3 Å². The molecule has 8 heteroatoms. The summed E-state index contributed by atoms with van der Waals surface area (Å²) >= 11 is 0. The van der Waals surface area contributed by atoms with E-state index in [1.165, 1.54) is 0 Å². The Bertz CT molecular complexity index is 493. The molecule has 0 atom stereocenters. The predicted octanol–water partition coefficient (Wildman–Crippen LogP) is 1.73. The Labute approximate surface area is 106 Å². The Morgan fingerprint density at radius 1 is 1.39 bits per heavy atom. The zero-order chi connectivity index (χ0) is 13.3. The topological polar surface area (TPSA) is 139 Å². The van der Waals surface area contributed by atoms with Gasteiger partial charge in [0.15, 0.2) is 5.78 Å². The first-order chi connectivity index (χ1) is 7.90. The molecular formula is C10H14N2O5S. The van der Waals surface area contributed by atoms with Crippen LogP contribution in [0.4, 0.5) is 0 Å². The number of hydrogen-bond acceptors (Lipinski definition) is 6. The molecule has 0 fully saturated rings. The highest BCUT2D eigenvalue weighted by Crippen LogP contribution is 2.01. The molecule has 18 heavy (non-hydrogen) atoms. The molecule has 0 aliphatic heterocycles. The molecule has 1 rings (SSSR count). The lowest BCUT2D eigenvalue weighted by Gasteiger charge is -1.93. The van der Waals surface area contributed by atoms with Gasteiger partial charge in [0.2, 0.25) is 0 Å². The van der Waals surface area contributed by atoms with Crippen molar-refractivity contribution in [3.63, 3.8) is 0 Å². The Hall–Kier alpha value is -1.95. The first-order valence-corrected chi connectivity index (χ1v) is 5.90. The number of hydrogen-bond donors (Lipinski definition) is 2. The molecule has 0 saturated carbocycles. The fraction of sp³-hybridized carbons (Fsp3) is 0.200. The van der Waals surface area contributed by atoms with Gasteiger partial charge in [0, 0.05) is 12.0 Å². The molecular weight excluding hydrogens is 260 g/mol. The van der Waals surface area contributed by atoms with E-state index in [1.54, 1.807) is 0 Å². The average Bonchev–Trinajstić information content (AvgIpc) is 2.28. The summed E-state index contributed by atoms with van der Waals surface area (Å²) in [5.74, 6) is 0.209. The lowest BCUT2D eigenvalue weighted by atomic mass is 10.1. The van der Waals surface area contributed by atoms with Gasteiger partial charge in [-0.2, -0.15) is 8.42 Å². The fourth-order valence-electron chi connectivity index (χ4n) is 0.875. The minimum Gasteiger partial charge on any atom is -0.344 e. The summed E-state index contributed by atoms with van der Waals surface area (Å²) in [5, 5.41) is 7.39. The Balaban J connectivity index is 0. The van der Waals surface area contributed by atoms with E-state index in [4.69, 9.17) is 9.81 Å². The number of benzene rings is 1. The van der Waals surface area contributed by atoms with Crippen LogP contribution in [0.3, 0.4) is 0 Å². The van der Waals surface area contributed by atoms with Crippen LogP contribution >= 0.6 is 0 Å². The summed E-state index contributed by atoms with van der Waals surface area (Å²) in [6.07, 6.45) is 1.36. The molecule has 0 radical (unpaired) electrons. The minimum absolute atomic E-state index is 0. The second-order valence-electron chi connectivity index (χ2n) is 2.75. The SMILES string of the molecule is CCC(=O)c1ccccc1.N.N#COS(=O)(=O)O. The van der Waals surface area contributed by atoms with Crippen molar-refractivity contribution in [1.29, 1.82) is 5.26 Å². The minimum atomic E-state index is -4.54. The van der Waals surface area contributed by atoms with Gasteiger partial charge in [0.05, 0.1) is 0 Å². The molecule has 1 aromatic carbocycles. The van der Waals surface area contributed by atoms with Crippen molar-refractivity contribution in [2.24, 2.45) is 0 Å². The molecule has 7 nitrogen and oxygen atoms in total. The molecule has 0 unspecified atom stereocenters. The summed E-state index contributed by atoms with van der Waals surface area (Å²) in [6.45, 7) is 1.87. The molecule has 0 amide bonds. The molecule has 0 aromatic heterocycles. The van der Waals surface area contributed by atoms with Gasteiger partial charge >= 0.3 is 16.7 Å². The quantitative estimate of drug-likeness (QED) is 0.485. The molecule has 0 aliphatic carbocycles. The number of nitrogens with zero attached hydrogens (tertiary/aromatic N) is 1. The third-order valence-corrected chi connectivity index (χ3v) is 1.84. The van der Waals surface area contributed by atoms with Crippen molar-refractivity contribution in [3.05, 3.63) is 35.9 Å². The predicted molar refractivity (Wildman–Crippen MR) is 64.3 cm³/mol.